The Labute approximate surface area is 145 Å². The first-order valence-corrected chi connectivity index (χ1v) is 7.68. The van der Waals surface area contributed by atoms with Gasteiger partial charge in [-0.25, -0.2) is 13.2 Å². The Morgan fingerprint density at radius 1 is 1.04 bits per heavy atom. The van der Waals surface area contributed by atoms with Crippen LogP contribution in [0.1, 0.15) is 22.3 Å². The lowest BCUT2D eigenvalue weighted by Gasteiger charge is -2.11. The van der Waals surface area contributed by atoms with Crippen LogP contribution in [0.2, 0.25) is 5.02 Å². The molecule has 0 saturated heterocycles. The van der Waals surface area contributed by atoms with Gasteiger partial charge >= 0.3 is 6.18 Å². The van der Waals surface area contributed by atoms with Gasteiger partial charge in [0, 0.05) is 12.1 Å². The summed E-state index contributed by atoms with van der Waals surface area (Å²) in [7, 11) is 0. The molecule has 0 fully saturated rings. The van der Waals surface area contributed by atoms with E-state index < -0.39 is 34.2 Å². The molecular weight excluding hydrogens is 368 g/mol. The van der Waals surface area contributed by atoms with Crippen LogP contribution in [0.4, 0.5) is 26.3 Å². The highest BCUT2D eigenvalue weighted by Crippen LogP contribution is 2.34. The van der Waals surface area contributed by atoms with Crippen LogP contribution in [-0.4, -0.2) is 6.54 Å². The van der Waals surface area contributed by atoms with E-state index in [-0.39, 0.29) is 30.6 Å². The van der Waals surface area contributed by atoms with E-state index in [0.717, 1.165) is 19.1 Å². The smallest absolute Gasteiger partial charge is 0.312 e. The Kier molecular flexibility index (Phi) is 6.00. The second-order valence-electron chi connectivity index (χ2n) is 5.51. The van der Waals surface area contributed by atoms with Crippen LogP contribution < -0.4 is 5.32 Å². The number of rotatable bonds is 5. The number of halogens is 7. The van der Waals surface area contributed by atoms with Gasteiger partial charge in [0.25, 0.3) is 0 Å². The predicted molar refractivity (Wildman–Crippen MR) is 82.9 cm³/mol. The number of hydrogen-bond donors (Lipinski definition) is 1. The molecule has 25 heavy (non-hydrogen) atoms. The van der Waals surface area contributed by atoms with Crippen LogP contribution >= 0.6 is 11.6 Å². The van der Waals surface area contributed by atoms with Crippen molar-refractivity contribution in [3.8, 4) is 0 Å². The van der Waals surface area contributed by atoms with E-state index in [1.54, 1.807) is 0 Å². The monoisotopic (exact) mass is 381 g/mol. The van der Waals surface area contributed by atoms with Crippen LogP contribution in [-0.2, 0) is 19.1 Å². The van der Waals surface area contributed by atoms with Gasteiger partial charge in [0.05, 0.1) is 10.6 Å². The fourth-order valence-electron chi connectivity index (χ4n) is 2.33. The summed E-state index contributed by atoms with van der Waals surface area (Å²) >= 11 is 5.62. The number of alkyl halides is 3. The topological polar surface area (TPSA) is 12.0 Å². The average molecular weight is 382 g/mol. The Morgan fingerprint density at radius 3 is 2.32 bits per heavy atom. The summed E-state index contributed by atoms with van der Waals surface area (Å²) in [5, 5.41) is 2.49. The van der Waals surface area contributed by atoms with Crippen molar-refractivity contribution >= 4 is 11.6 Å². The first-order valence-electron chi connectivity index (χ1n) is 7.30. The van der Waals surface area contributed by atoms with Crippen molar-refractivity contribution in [3.05, 3.63) is 69.0 Å². The van der Waals surface area contributed by atoms with Crippen LogP contribution in [0.25, 0.3) is 0 Å². The van der Waals surface area contributed by atoms with Gasteiger partial charge in [-0.05, 0) is 49.2 Å². The summed E-state index contributed by atoms with van der Waals surface area (Å²) in [6.07, 6.45) is -4.43. The van der Waals surface area contributed by atoms with Crippen molar-refractivity contribution < 1.29 is 26.3 Å². The molecule has 136 valence electrons. The number of benzene rings is 2. The van der Waals surface area contributed by atoms with Gasteiger partial charge in [-0.15, -0.1) is 0 Å². The highest BCUT2D eigenvalue weighted by molar-refractivity contribution is 6.31. The average Bonchev–Trinajstić information content (AvgIpc) is 2.53. The first kappa shape index (κ1) is 19.6. The van der Waals surface area contributed by atoms with E-state index in [2.05, 4.69) is 5.32 Å². The quantitative estimate of drug-likeness (QED) is 0.414. The molecule has 0 saturated carbocycles. The van der Waals surface area contributed by atoms with E-state index in [1.807, 2.05) is 0 Å². The maximum absolute atomic E-state index is 13.8. The third kappa shape index (κ3) is 4.67. The van der Waals surface area contributed by atoms with E-state index in [4.69, 9.17) is 11.6 Å². The Balaban J connectivity index is 1.95. The van der Waals surface area contributed by atoms with E-state index >= 15 is 0 Å². The lowest BCUT2D eigenvalue weighted by atomic mass is 10.1. The minimum absolute atomic E-state index is 0.0225. The molecule has 1 N–H and O–H groups in total. The molecule has 8 heteroatoms. The molecular formula is C17H14ClF6N. The highest BCUT2D eigenvalue weighted by Gasteiger charge is 2.32. The largest absolute Gasteiger partial charge is 0.417 e. The van der Waals surface area contributed by atoms with E-state index in [1.165, 1.54) is 12.1 Å². The SMILES string of the molecule is Cc1c(F)c(F)cc(CCNCc2ccc(C(F)(F)F)c(Cl)c2)c1F. The van der Waals surface area contributed by atoms with Crippen LogP contribution in [0.3, 0.4) is 0 Å². The van der Waals surface area contributed by atoms with Crippen LogP contribution in [0, 0.1) is 24.4 Å². The lowest BCUT2D eigenvalue weighted by molar-refractivity contribution is -0.137. The molecule has 0 aliphatic heterocycles. The van der Waals surface area contributed by atoms with Crippen molar-refractivity contribution in [3.63, 3.8) is 0 Å². The van der Waals surface area contributed by atoms with Gasteiger partial charge in [0.2, 0.25) is 0 Å². The molecule has 2 rings (SSSR count). The summed E-state index contributed by atoms with van der Waals surface area (Å²) in [6, 6.07) is 4.16. The molecule has 0 heterocycles. The van der Waals surface area contributed by atoms with Crippen molar-refractivity contribution in [1.82, 2.24) is 5.32 Å². The Bertz CT molecular complexity index is 773. The molecule has 0 radical (unpaired) electrons. The predicted octanol–water partition coefficient (Wildman–Crippen LogP) is 5.42. The molecule has 0 aliphatic rings. The molecule has 2 aromatic carbocycles. The van der Waals surface area contributed by atoms with E-state index in [9.17, 15) is 26.3 Å². The third-order valence-electron chi connectivity index (χ3n) is 3.69. The number of nitrogens with one attached hydrogen (secondary N) is 1. The second-order valence-corrected chi connectivity index (χ2v) is 5.92. The summed E-state index contributed by atoms with van der Waals surface area (Å²) < 4.78 is 78.2. The zero-order valence-corrected chi connectivity index (χ0v) is 13.8. The molecule has 1 nitrogen and oxygen atoms in total. The van der Waals surface area contributed by atoms with Gasteiger partial charge in [0.1, 0.15) is 5.82 Å². The fourth-order valence-corrected chi connectivity index (χ4v) is 2.64. The van der Waals surface area contributed by atoms with Crippen molar-refractivity contribution in [2.45, 2.75) is 26.1 Å². The van der Waals surface area contributed by atoms with Gasteiger partial charge < -0.3 is 5.32 Å². The number of hydrogen-bond acceptors (Lipinski definition) is 1. The van der Waals surface area contributed by atoms with Gasteiger partial charge in [-0.1, -0.05) is 17.7 Å². The molecule has 0 aromatic heterocycles. The Hall–Kier alpha value is -1.73. The van der Waals surface area contributed by atoms with Crippen molar-refractivity contribution in [2.24, 2.45) is 0 Å². The molecule has 2 aromatic rings. The Morgan fingerprint density at radius 2 is 1.72 bits per heavy atom. The maximum atomic E-state index is 13.8. The molecule has 0 aliphatic carbocycles. The highest BCUT2D eigenvalue weighted by atomic mass is 35.5. The normalized spacial score (nSPS) is 11.8. The molecule has 0 unspecified atom stereocenters. The van der Waals surface area contributed by atoms with Gasteiger partial charge in [-0.3, -0.25) is 0 Å². The van der Waals surface area contributed by atoms with Gasteiger partial charge in [-0.2, -0.15) is 13.2 Å². The molecule has 0 amide bonds. The molecule has 0 atom stereocenters. The summed E-state index contributed by atoms with van der Waals surface area (Å²) in [5.41, 5.74) is -0.768. The lowest BCUT2D eigenvalue weighted by Crippen LogP contribution is -2.18. The van der Waals surface area contributed by atoms with Gasteiger partial charge in [0.15, 0.2) is 11.6 Å². The standard InChI is InChI=1S/C17H14ClF6N/c1-9-15(20)11(7-14(19)16(9)21)4-5-25-8-10-2-3-12(13(18)6-10)17(22,23)24/h2-3,6-7,25H,4-5,8H2,1H3. The molecule has 0 spiro atoms. The minimum Gasteiger partial charge on any atom is -0.312 e. The van der Waals surface area contributed by atoms with E-state index in [0.29, 0.717) is 5.56 Å². The van der Waals surface area contributed by atoms with Crippen LogP contribution in [0.5, 0.6) is 0 Å². The third-order valence-corrected chi connectivity index (χ3v) is 4.00. The zero-order valence-electron chi connectivity index (χ0n) is 13.1. The summed E-state index contributed by atoms with van der Waals surface area (Å²) in [6.45, 7) is 1.57. The fraction of sp³-hybridized carbons (Fsp3) is 0.294. The van der Waals surface area contributed by atoms with Crippen LogP contribution in [0.15, 0.2) is 24.3 Å². The maximum Gasteiger partial charge on any atom is 0.417 e. The zero-order chi connectivity index (χ0) is 18.8. The minimum atomic E-state index is -4.52. The second kappa shape index (κ2) is 7.66. The first-order chi connectivity index (χ1) is 11.6. The van der Waals surface area contributed by atoms with Crippen molar-refractivity contribution in [2.75, 3.05) is 6.54 Å². The summed E-state index contributed by atoms with van der Waals surface area (Å²) in [5.74, 6) is -3.14. The molecule has 0 bridgehead atoms. The summed E-state index contributed by atoms with van der Waals surface area (Å²) in [4.78, 5) is 0. The van der Waals surface area contributed by atoms with Crippen molar-refractivity contribution in [1.29, 1.82) is 0 Å².